The molecular weight excluding hydrogens is 336 g/mol. The Bertz CT molecular complexity index is 709. The minimum atomic E-state index is -0.0292. The number of ether oxygens (including phenoxy) is 1. The summed E-state index contributed by atoms with van der Waals surface area (Å²) >= 11 is 0. The van der Waals surface area contributed by atoms with Gasteiger partial charge in [-0.2, -0.15) is 0 Å². The van der Waals surface area contributed by atoms with E-state index in [9.17, 15) is 4.79 Å². The van der Waals surface area contributed by atoms with E-state index in [-0.39, 0.29) is 18.6 Å². The highest BCUT2D eigenvalue weighted by molar-refractivity contribution is 5.77. The monoisotopic (exact) mass is 366 g/mol. The Morgan fingerprint density at radius 1 is 1.07 bits per heavy atom. The van der Waals surface area contributed by atoms with Crippen molar-refractivity contribution in [3.05, 3.63) is 65.7 Å². The molecule has 0 bridgehead atoms. The van der Waals surface area contributed by atoms with Crippen LogP contribution in [-0.2, 0) is 11.2 Å². The highest BCUT2D eigenvalue weighted by Crippen LogP contribution is 2.21. The molecule has 0 saturated carbocycles. The van der Waals surface area contributed by atoms with Crippen LogP contribution in [0.1, 0.15) is 37.3 Å². The van der Waals surface area contributed by atoms with Crippen LogP contribution >= 0.6 is 0 Å². The smallest absolute Gasteiger partial charge is 0.258 e. The topological polar surface area (TPSA) is 41.6 Å². The lowest BCUT2D eigenvalue weighted by molar-refractivity contribution is -0.124. The van der Waals surface area contributed by atoms with Crippen LogP contribution in [0.5, 0.6) is 5.75 Å². The predicted molar refractivity (Wildman–Crippen MR) is 109 cm³/mol. The van der Waals surface area contributed by atoms with Gasteiger partial charge in [0, 0.05) is 25.6 Å². The Balaban J connectivity index is 1.48. The Morgan fingerprint density at radius 2 is 1.78 bits per heavy atom. The van der Waals surface area contributed by atoms with Crippen LogP contribution in [-0.4, -0.2) is 43.1 Å². The Labute approximate surface area is 162 Å². The van der Waals surface area contributed by atoms with E-state index in [4.69, 9.17) is 4.74 Å². The Kier molecular flexibility index (Phi) is 7.28. The maximum atomic E-state index is 12.3. The fraction of sp³-hybridized carbons (Fsp3) is 0.435. The first-order chi connectivity index (χ1) is 13.2. The van der Waals surface area contributed by atoms with Crippen LogP contribution in [0.2, 0.25) is 0 Å². The van der Waals surface area contributed by atoms with Crippen molar-refractivity contribution < 1.29 is 9.53 Å². The van der Waals surface area contributed by atoms with Gasteiger partial charge in [0.05, 0.1) is 0 Å². The number of para-hydroxylation sites is 1. The van der Waals surface area contributed by atoms with Crippen molar-refractivity contribution in [2.75, 3.05) is 26.2 Å². The van der Waals surface area contributed by atoms with Gasteiger partial charge < -0.3 is 15.0 Å². The summed E-state index contributed by atoms with van der Waals surface area (Å²) in [5.74, 6) is 0.757. The summed E-state index contributed by atoms with van der Waals surface area (Å²) in [5.41, 5.74) is 2.33. The minimum absolute atomic E-state index is 0.0292. The van der Waals surface area contributed by atoms with Gasteiger partial charge in [-0.3, -0.25) is 4.79 Å². The molecule has 4 nitrogen and oxygen atoms in total. The molecule has 1 amide bonds. The molecule has 0 unspecified atom stereocenters. The van der Waals surface area contributed by atoms with E-state index in [1.165, 1.54) is 12.0 Å². The van der Waals surface area contributed by atoms with E-state index in [1.807, 2.05) is 36.4 Å². The number of hydrogen-bond acceptors (Lipinski definition) is 3. The molecule has 144 valence electrons. The van der Waals surface area contributed by atoms with Crippen molar-refractivity contribution in [2.45, 2.75) is 38.6 Å². The molecular formula is C23H30N2O2. The van der Waals surface area contributed by atoms with Gasteiger partial charge in [0.25, 0.3) is 5.91 Å². The van der Waals surface area contributed by atoms with Crippen LogP contribution in [0.25, 0.3) is 0 Å². The summed E-state index contributed by atoms with van der Waals surface area (Å²) in [6.07, 6.45) is 4.04. The van der Waals surface area contributed by atoms with Crippen molar-refractivity contribution in [1.82, 2.24) is 10.2 Å². The first-order valence-electron chi connectivity index (χ1n) is 10.0. The first-order valence-corrected chi connectivity index (χ1v) is 10.0. The fourth-order valence-electron chi connectivity index (χ4n) is 3.64. The molecule has 1 aliphatic heterocycles. The van der Waals surface area contributed by atoms with E-state index in [1.54, 1.807) is 0 Å². The number of nitrogens with zero attached hydrogens (tertiary/aromatic N) is 1. The van der Waals surface area contributed by atoms with Crippen molar-refractivity contribution in [1.29, 1.82) is 0 Å². The van der Waals surface area contributed by atoms with E-state index >= 15 is 0 Å². The van der Waals surface area contributed by atoms with Gasteiger partial charge in [-0.05, 0) is 43.0 Å². The van der Waals surface area contributed by atoms with Crippen LogP contribution in [0.3, 0.4) is 0 Å². The molecule has 0 atom stereocenters. The van der Waals surface area contributed by atoms with E-state index in [2.05, 4.69) is 35.3 Å². The number of nitrogens with one attached hydrogen (secondary N) is 1. The summed E-state index contributed by atoms with van der Waals surface area (Å²) in [7, 11) is 0. The number of rotatable bonds is 8. The average Bonchev–Trinajstić information content (AvgIpc) is 2.70. The van der Waals surface area contributed by atoms with Crippen LogP contribution < -0.4 is 10.1 Å². The average molecular weight is 367 g/mol. The normalized spacial score (nSPS) is 15.4. The quantitative estimate of drug-likeness (QED) is 0.775. The maximum absolute atomic E-state index is 12.3. The number of hydrogen-bond donors (Lipinski definition) is 1. The van der Waals surface area contributed by atoms with E-state index < -0.39 is 0 Å². The summed E-state index contributed by atoms with van der Waals surface area (Å²) in [6, 6.07) is 18.5. The van der Waals surface area contributed by atoms with Gasteiger partial charge in [-0.25, -0.2) is 0 Å². The summed E-state index contributed by atoms with van der Waals surface area (Å²) < 4.78 is 5.85. The summed E-state index contributed by atoms with van der Waals surface area (Å²) in [6.45, 7) is 5.57. The molecule has 27 heavy (non-hydrogen) atoms. The molecule has 1 heterocycles. The SMILES string of the molecule is CCCN1CCC(NC(=O)COc2ccccc2Cc2ccccc2)CC1. The van der Waals surface area contributed by atoms with Crippen molar-refractivity contribution >= 4 is 5.91 Å². The highest BCUT2D eigenvalue weighted by Gasteiger charge is 2.20. The molecule has 3 rings (SSSR count). The van der Waals surface area contributed by atoms with Crippen LogP contribution in [0.4, 0.5) is 0 Å². The third-order valence-corrected chi connectivity index (χ3v) is 5.06. The molecule has 1 aliphatic rings. The lowest BCUT2D eigenvalue weighted by atomic mass is 10.0. The molecule has 2 aromatic carbocycles. The van der Waals surface area contributed by atoms with Crippen molar-refractivity contribution in [3.8, 4) is 5.75 Å². The molecule has 1 fully saturated rings. The molecule has 0 radical (unpaired) electrons. The number of piperidine rings is 1. The first kappa shape index (κ1) is 19.4. The van der Waals surface area contributed by atoms with Crippen molar-refractivity contribution in [2.24, 2.45) is 0 Å². The lowest BCUT2D eigenvalue weighted by Gasteiger charge is -2.32. The summed E-state index contributed by atoms with van der Waals surface area (Å²) in [5, 5.41) is 3.13. The molecule has 1 N–H and O–H groups in total. The zero-order chi connectivity index (χ0) is 18.9. The Morgan fingerprint density at radius 3 is 2.52 bits per heavy atom. The maximum Gasteiger partial charge on any atom is 0.258 e. The molecule has 0 aromatic heterocycles. The second-order valence-corrected chi connectivity index (χ2v) is 7.24. The standard InChI is InChI=1S/C23H30N2O2/c1-2-14-25-15-12-21(13-16-25)24-23(26)18-27-22-11-7-6-10-20(22)17-19-8-4-3-5-9-19/h3-11,21H,2,12-18H2,1H3,(H,24,26). The number of amides is 1. The van der Waals surface area contributed by atoms with Crippen LogP contribution in [0.15, 0.2) is 54.6 Å². The zero-order valence-electron chi connectivity index (χ0n) is 16.2. The zero-order valence-corrected chi connectivity index (χ0v) is 16.2. The van der Waals surface area contributed by atoms with Gasteiger partial charge in [0.15, 0.2) is 6.61 Å². The Hall–Kier alpha value is -2.33. The van der Waals surface area contributed by atoms with E-state index in [0.29, 0.717) is 0 Å². The van der Waals surface area contributed by atoms with Gasteiger partial charge in [0.2, 0.25) is 0 Å². The third-order valence-electron chi connectivity index (χ3n) is 5.06. The third kappa shape index (κ3) is 6.10. The lowest BCUT2D eigenvalue weighted by Crippen LogP contribution is -2.46. The van der Waals surface area contributed by atoms with Crippen molar-refractivity contribution in [3.63, 3.8) is 0 Å². The van der Waals surface area contributed by atoms with Gasteiger partial charge in [0.1, 0.15) is 5.75 Å². The molecule has 2 aromatic rings. The molecule has 1 saturated heterocycles. The van der Waals surface area contributed by atoms with Gasteiger partial charge in [-0.1, -0.05) is 55.5 Å². The number of carbonyl (C=O) groups is 1. The summed E-state index contributed by atoms with van der Waals surface area (Å²) in [4.78, 5) is 14.8. The van der Waals surface area contributed by atoms with E-state index in [0.717, 1.165) is 50.2 Å². The number of carbonyl (C=O) groups excluding carboxylic acids is 1. The van der Waals surface area contributed by atoms with Gasteiger partial charge >= 0.3 is 0 Å². The molecule has 4 heteroatoms. The largest absolute Gasteiger partial charge is 0.483 e. The van der Waals surface area contributed by atoms with Gasteiger partial charge in [-0.15, -0.1) is 0 Å². The second kappa shape index (κ2) is 10.1. The second-order valence-electron chi connectivity index (χ2n) is 7.24. The number of likely N-dealkylation sites (tertiary alicyclic amines) is 1. The minimum Gasteiger partial charge on any atom is -0.483 e. The molecule has 0 spiro atoms. The molecule has 0 aliphatic carbocycles. The number of benzene rings is 2. The van der Waals surface area contributed by atoms with Crippen LogP contribution in [0, 0.1) is 0 Å². The fourth-order valence-corrected chi connectivity index (χ4v) is 3.64. The highest BCUT2D eigenvalue weighted by atomic mass is 16.5. The predicted octanol–water partition coefficient (Wildman–Crippen LogP) is 3.65.